The number of rotatable bonds is 7. The summed E-state index contributed by atoms with van der Waals surface area (Å²) in [6, 6.07) is 11.9. The lowest BCUT2D eigenvalue weighted by molar-refractivity contribution is -0.118. The minimum Gasteiger partial charge on any atom is -0.497 e. The van der Waals surface area contributed by atoms with Crippen LogP contribution in [0.25, 0.3) is 5.69 Å². The number of thioether (sulfide) groups is 1. The fraction of sp³-hybridized carbons (Fsp3) is 0.190. The van der Waals surface area contributed by atoms with Crippen LogP contribution in [-0.4, -0.2) is 28.3 Å². The zero-order valence-corrected chi connectivity index (χ0v) is 16.8. The first-order valence-electron chi connectivity index (χ1n) is 8.84. The van der Waals surface area contributed by atoms with Gasteiger partial charge >= 0.3 is 0 Å². The Hall–Kier alpha value is -3.13. The Kier molecular flexibility index (Phi) is 6.66. The van der Waals surface area contributed by atoms with Gasteiger partial charge in [0.05, 0.1) is 18.6 Å². The van der Waals surface area contributed by atoms with Crippen molar-refractivity contribution in [3.8, 4) is 11.4 Å². The molecule has 0 aliphatic rings. The molecule has 0 bridgehead atoms. The van der Waals surface area contributed by atoms with Crippen LogP contribution >= 0.6 is 11.8 Å². The molecule has 1 aromatic heterocycles. The minimum absolute atomic E-state index is 0.0463. The number of amides is 1. The molecule has 0 aliphatic heterocycles. The Morgan fingerprint density at radius 3 is 2.69 bits per heavy atom. The molecule has 1 N–H and O–H groups in total. The molecule has 6 nitrogen and oxygen atoms in total. The number of hydrogen-bond donors (Lipinski definition) is 1. The van der Waals surface area contributed by atoms with Crippen molar-refractivity contribution in [2.24, 2.45) is 0 Å². The van der Waals surface area contributed by atoms with Crippen molar-refractivity contribution < 1.29 is 13.9 Å². The summed E-state index contributed by atoms with van der Waals surface area (Å²) < 4.78 is 20.2. The molecule has 0 unspecified atom stereocenters. The lowest BCUT2D eigenvalue weighted by atomic mass is 10.2. The van der Waals surface area contributed by atoms with Crippen LogP contribution in [0.3, 0.4) is 0 Å². The van der Waals surface area contributed by atoms with Gasteiger partial charge in [0.15, 0.2) is 5.03 Å². The fourth-order valence-corrected chi connectivity index (χ4v) is 3.28. The molecule has 0 spiro atoms. The van der Waals surface area contributed by atoms with Crippen molar-refractivity contribution in [3.63, 3.8) is 0 Å². The van der Waals surface area contributed by atoms with Gasteiger partial charge in [0.2, 0.25) is 5.91 Å². The van der Waals surface area contributed by atoms with Crippen LogP contribution in [0.2, 0.25) is 0 Å². The van der Waals surface area contributed by atoms with E-state index in [1.807, 2.05) is 24.3 Å². The molecule has 0 saturated heterocycles. The second kappa shape index (κ2) is 9.38. The highest BCUT2D eigenvalue weighted by Gasteiger charge is 2.11. The van der Waals surface area contributed by atoms with Crippen molar-refractivity contribution >= 4 is 17.7 Å². The number of carbonyl (C=O) groups is 1. The molecule has 8 heteroatoms. The van der Waals surface area contributed by atoms with Crippen LogP contribution in [0, 0.1) is 12.7 Å². The summed E-state index contributed by atoms with van der Waals surface area (Å²) in [6.07, 6.45) is 2.93. The van der Waals surface area contributed by atoms with E-state index in [4.69, 9.17) is 4.74 Å². The van der Waals surface area contributed by atoms with Crippen molar-refractivity contribution in [2.75, 3.05) is 12.9 Å². The number of halogens is 1. The van der Waals surface area contributed by atoms with Crippen LogP contribution in [0.15, 0.2) is 64.7 Å². The van der Waals surface area contributed by atoms with Crippen molar-refractivity contribution in [1.82, 2.24) is 14.9 Å². The first-order chi connectivity index (χ1) is 14.0. The summed E-state index contributed by atoms with van der Waals surface area (Å²) >= 11 is 1.04. The SMILES string of the molecule is COc1ccc(CNC(=O)CSc2nccn(-c3ccc(C)c(F)c3)c2=O)cc1. The third-order valence-electron chi connectivity index (χ3n) is 4.23. The zero-order valence-electron chi connectivity index (χ0n) is 16.0. The third kappa shape index (κ3) is 5.23. The Morgan fingerprint density at radius 2 is 2.00 bits per heavy atom. The van der Waals surface area contributed by atoms with Crippen LogP contribution in [0.4, 0.5) is 4.39 Å². The van der Waals surface area contributed by atoms with Crippen LogP contribution in [0.5, 0.6) is 5.75 Å². The van der Waals surface area contributed by atoms with Crippen molar-refractivity contribution in [3.05, 3.63) is 82.2 Å². The van der Waals surface area contributed by atoms with Crippen molar-refractivity contribution in [2.45, 2.75) is 18.5 Å². The average Bonchev–Trinajstić information content (AvgIpc) is 2.74. The Balaban J connectivity index is 1.62. The van der Waals surface area contributed by atoms with E-state index in [1.54, 1.807) is 26.2 Å². The third-order valence-corrected chi connectivity index (χ3v) is 5.19. The van der Waals surface area contributed by atoms with Gasteiger partial charge in [0.1, 0.15) is 11.6 Å². The van der Waals surface area contributed by atoms with E-state index >= 15 is 0 Å². The van der Waals surface area contributed by atoms with Gasteiger partial charge in [-0.1, -0.05) is 30.0 Å². The van der Waals surface area contributed by atoms with Gasteiger partial charge in [-0.25, -0.2) is 9.37 Å². The molecule has 3 aromatic rings. The summed E-state index contributed by atoms with van der Waals surface area (Å²) in [5, 5.41) is 2.97. The Bertz CT molecular complexity index is 1070. The first-order valence-corrected chi connectivity index (χ1v) is 9.83. The standard InChI is InChI=1S/C21H20FN3O3S/c1-14-3-6-16(11-18(14)22)25-10-9-23-20(21(25)27)29-13-19(26)24-12-15-4-7-17(28-2)8-5-15/h3-11H,12-13H2,1-2H3,(H,24,26). The highest BCUT2D eigenvalue weighted by Crippen LogP contribution is 2.15. The molecular formula is C21H20FN3O3S. The summed E-state index contributed by atoms with van der Waals surface area (Å²) in [5.74, 6) is 0.183. The van der Waals surface area contributed by atoms with E-state index in [2.05, 4.69) is 10.3 Å². The van der Waals surface area contributed by atoms with Gasteiger partial charge < -0.3 is 10.1 Å². The molecule has 0 aliphatic carbocycles. The lowest BCUT2D eigenvalue weighted by Crippen LogP contribution is -2.26. The van der Waals surface area contributed by atoms with E-state index in [1.165, 1.54) is 23.0 Å². The maximum Gasteiger partial charge on any atom is 0.287 e. The van der Waals surface area contributed by atoms with Crippen LogP contribution in [0.1, 0.15) is 11.1 Å². The summed E-state index contributed by atoms with van der Waals surface area (Å²) in [7, 11) is 1.59. The van der Waals surface area contributed by atoms with Gasteiger partial charge in [-0.15, -0.1) is 0 Å². The second-order valence-electron chi connectivity index (χ2n) is 6.25. The molecule has 0 radical (unpaired) electrons. The number of carbonyl (C=O) groups excluding carboxylic acids is 1. The summed E-state index contributed by atoms with van der Waals surface area (Å²) in [4.78, 5) is 28.8. The first kappa shape index (κ1) is 20.6. The van der Waals surface area contributed by atoms with Crippen LogP contribution in [-0.2, 0) is 11.3 Å². The monoisotopic (exact) mass is 413 g/mol. The van der Waals surface area contributed by atoms with Gasteiger partial charge in [0, 0.05) is 18.9 Å². The number of benzene rings is 2. The normalized spacial score (nSPS) is 10.6. The van der Waals surface area contributed by atoms with Gasteiger partial charge in [-0.3, -0.25) is 14.2 Å². The number of methoxy groups -OCH3 is 1. The molecule has 150 valence electrons. The molecule has 0 fully saturated rings. The van der Waals surface area contributed by atoms with E-state index < -0.39 is 11.4 Å². The quantitative estimate of drug-likeness (QED) is 0.603. The summed E-state index contributed by atoms with van der Waals surface area (Å²) in [6.45, 7) is 2.03. The highest BCUT2D eigenvalue weighted by molar-refractivity contribution is 7.99. The van der Waals surface area contributed by atoms with E-state index in [9.17, 15) is 14.0 Å². The minimum atomic E-state index is -0.399. The fourth-order valence-electron chi connectivity index (χ4n) is 2.56. The predicted octanol–water partition coefficient (Wildman–Crippen LogP) is 3.10. The zero-order chi connectivity index (χ0) is 20.8. The number of aromatic nitrogens is 2. The van der Waals surface area contributed by atoms with Gasteiger partial charge in [-0.05, 0) is 42.3 Å². The number of hydrogen-bond acceptors (Lipinski definition) is 5. The molecule has 0 atom stereocenters. The smallest absolute Gasteiger partial charge is 0.287 e. The summed E-state index contributed by atoms with van der Waals surface area (Å²) in [5.41, 5.74) is 1.44. The van der Waals surface area contributed by atoms with Crippen molar-refractivity contribution in [1.29, 1.82) is 0 Å². The molecule has 1 heterocycles. The maximum atomic E-state index is 13.8. The van der Waals surface area contributed by atoms with Gasteiger partial charge in [-0.2, -0.15) is 0 Å². The Morgan fingerprint density at radius 1 is 1.24 bits per heavy atom. The number of ether oxygens (including phenoxy) is 1. The lowest BCUT2D eigenvalue weighted by Gasteiger charge is -2.09. The number of aryl methyl sites for hydroxylation is 1. The molecule has 2 aromatic carbocycles. The largest absolute Gasteiger partial charge is 0.497 e. The van der Waals surface area contributed by atoms with E-state index in [0.717, 1.165) is 23.1 Å². The number of nitrogens with one attached hydrogen (secondary N) is 1. The molecule has 1 amide bonds. The maximum absolute atomic E-state index is 13.8. The predicted molar refractivity (Wildman–Crippen MR) is 110 cm³/mol. The average molecular weight is 413 g/mol. The van der Waals surface area contributed by atoms with E-state index in [-0.39, 0.29) is 16.7 Å². The number of nitrogens with zero attached hydrogens (tertiary/aromatic N) is 2. The van der Waals surface area contributed by atoms with E-state index in [0.29, 0.717) is 17.8 Å². The molecule has 0 saturated carbocycles. The van der Waals surface area contributed by atoms with Crippen LogP contribution < -0.4 is 15.6 Å². The second-order valence-corrected chi connectivity index (χ2v) is 7.22. The Labute approximate surface area is 171 Å². The van der Waals surface area contributed by atoms with Gasteiger partial charge in [0.25, 0.3) is 5.56 Å². The molecule has 29 heavy (non-hydrogen) atoms. The highest BCUT2D eigenvalue weighted by atomic mass is 32.2. The molecule has 3 rings (SSSR count). The topological polar surface area (TPSA) is 73.2 Å². The molecular weight excluding hydrogens is 393 g/mol.